The second-order valence-electron chi connectivity index (χ2n) is 3.87. The Morgan fingerprint density at radius 1 is 1.41 bits per heavy atom. The highest BCUT2D eigenvalue weighted by Gasteiger charge is 2.10. The summed E-state index contributed by atoms with van der Waals surface area (Å²) >= 11 is 0. The molecular formula is C12H18N2O3. The first-order valence-corrected chi connectivity index (χ1v) is 5.31. The quantitative estimate of drug-likeness (QED) is 0.822. The molecule has 0 aliphatic rings. The molecule has 94 valence electrons. The van der Waals surface area contributed by atoms with Crippen molar-refractivity contribution in [3.05, 3.63) is 29.8 Å². The van der Waals surface area contributed by atoms with Crippen LogP contribution in [0.3, 0.4) is 0 Å². The average Bonchev–Trinajstić information content (AvgIpc) is 2.35. The summed E-state index contributed by atoms with van der Waals surface area (Å²) in [6.45, 7) is 0.184. The van der Waals surface area contributed by atoms with E-state index < -0.39 is 6.10 Å². The number of hydrogen-bond donors (Lipinski definition) is 2. The number of rotatable bonds is 4. The van der Waals surface area contributed by atoms with Crippen molar-refractivity contribution in [3.8, 4) is 5.75 Å². The molecule has 1 rings (SSSR count). The van der Waals surface area contributed by atoms with Crippen LogP contribution in [-0.4, -0.2) is 43.8 Å². The van der Waals surface area contributed by atoms with Gasteiger partial charge in [0.1, 0.15) is 5.75 Å². The van der Waals surface area contributed by atoms with Gasteiger partial charge < -0.3 is 20.1 Å². The normalized spacial score (nSPS) is 11.8. The molecule has 1 atom stereocenters. The Balaban J connectivity index is 2.51. The molecule has 1 unspecified atom stereocenters. The predicted molar refractivity (Wildman–Crippen MR) is 65.0 cm³/mol. The van der Waals surface area contributed by atoms with Crippen molar-refractivity contribution in [2.24, 2.45) is 0 Å². The fraction of sp³-hybridized carbons (Fsp3) is 0.417. The molecule has 0 fully saturated rings. The van der Waals surface area contributed by atoms with Gasteiger partial charge in [-0.1, -0.05) is 12.1 Å². The molecular weight excluding hydrogens is 220 g/mol. The summed E-state index contributed by atoms with van der Waals surface area (Å²) in [6, 6.07) is 6.85. The molecule has 17 heavy (non-hydrogen) atoms. The van der Waals surface area contributed by atoms with Gasteiger partial charge in [-0.15, -0.1) is 0 Å². The van der Waals surface area contributed by atoms with Gasteiger partial charge in [-0.2, -0.15) is 0 Å². The molecule has 0 bridgehead atoms. The second kappa shape index (κ2) is 6.10. The Morgan fingerprint density at radius 3 is 2.47 bits per heavy atom. The third-order valence-electron chi connectivity index (χ3n) is 2.35. The molecule has 1 aromatic rings. The molecule has 0 saturated carbocycles. The molecule has 0 aromatic heterocycles. The number of aliphatic hydroxyl groups excluding tert-OH is 1. The number of nitrogens with zero attached hydrogens (tertiary/aromatic N) is 1. The van der Waals surface area contributed by atoms with Crippen LogP contribution in [0.5, 0.6) is 5.75 Å². The SMILES string of the molecule is COc1ccc(C(O)CNC(=O)N(C)C)cc1. The standard InChI is InChI=1S/C12H18N2O3/c1-14(2)12(16)13-8-11(15)9-4-6-10(17-3)7-5-9/h4-7,11,15H,8H2,1-3H3,(H,13,16). The number of amides is 2. The van der Waals surface area contributed by atoms with Crippen LogP contribution in [0, 0.1) is 0 Å². The van der Waals surface area contributed by atoms with Gasteiger partial charge in [-0.05, 0) is 17.7 Å². The largest absolute Gasteiger partial charge is 0.497 e. The van der Waals surface area contributed by atoms with Crippen molar-refractivity contribution >= 4 is 6.03 Å². The second-order valence-corrected chi connectivity index (χ2v) is 3.87. The third kappa shape index (κ3) is 3.96. The van der Waals surface area contributed by atoms with Gasteiger partial charge in [0.2, 0.25) is 0 Å². The molecule has 0 heterocycles. The summed E-state index contributed by atoms with van der Waals surface area (Å²) in [5.74, 6) is 0.735. The molecule has 2 N–H and O–H groups in total. The topological polar surface area (TPSA) is 61.8 Å². The highest BCUT2D eigenvalue weighted by Crippen LogP contribution is 2.16. The van der Waals surface area contributed by atoms with Crippen LogP contribution < -0.4 is 10.1 Å². The Hall–Kier alpha value is -1.75. The van der Waals surface area contributed by atoms with E-state index in [1.807, 2.05) is 0 Å². The summed E-state index contributed by atoms with van der Waals surface area (Å²) in [5, 5.41) is 12.5. The predicted octanol–water partition coefficient (Wildman–Crippen LogP) is 1.000. The zero-order valence-electron chi connectivity index (χ0n) is 10.3. The minimum atomic E-state index is -0.718. The Bertz CT molecular complexity index is 363. The van der Waals surface area contributed by atoms with Gasteiger partial charge in [0.05, 0.1) is 13.2 Å². The Labute approximate surface area is 101 Å². The van der Waals surface area contributed by atoms with Crippen LogP contribution in [0.2, 0.25) is 0 Å². The average molecular weight is 238 g/mol. The van der Waals surface area contributed by atoms with E-state index >= 15 is 0 Å². The molecule has 5 heteroatoms. The number of benzene rings is 1. The highest BCUT2D eigenvalue weighted by molar-refractivity contribution is 5.73. The first-order chi connectivity index (χ1) is 8.04. The number of ether oxygens (including phenoxy) is 1. The number of carbonyl (C=O) groups excluding carboxylic acids is 1. The molecule has 2 amide bonds. The maximum Gasteiger partial charge on any atom is 0.316 e. The van der Waals surface area contributed by atoms with Gasteiger partial charge in [0.25, 0.3) is 0 Å². The summed E-state index contributed by atoms with van der Waals surface area (Å²) in [7, 11) is 4.88. The van der Waals surface area contributed by atoms with Crippen molar-refractivity contribution < 1.29 is 14.6 Å². The molecule has 0 saturated heterocycles. The highest BCUT2D eigenvalue weighted by atomic mass is 16.5. The summed E-state index contributed by atoms with van der Waals surface area (Å²) in [4.78, 5) is 12.7. The van der Waals surface area contributed by atoms with E-state index in [1.165, 1.54) is 4.90 Å². The van der Waals surface area contributed by atoms with Crippen LogP contribution in [0.15, 0.2) is 24.3 Å². The van der Waals surface area contributed by atoms with Crippen LogP contribution in [0.25, 0.3) is 0 Å². The first-order valence-electron chi connectivity index (χ1n) is 5.31. The number of methoxy groups -OCH3 is 1. The van der Waals surface area contributed by atoms with Crippen LogP contribution >= 0.6 is 0 Å². The van der Waals surface area contributed by atoms with Crippen molar-refractivity contribution in [2.45, 2.75) is 6.10 Å². The molecule has 5 nitrogen and oxygen atoms in total. The molecule has 0 spiro atoms. The fourth-order valence-corrected chi connectivity index (χ4v) is 1.29. The zero-order valence-corrected chi connectivity index (χ0v) is 10.3. The van der Waals surface area contributed by atoms with Crippen LogP contribution in [-0.2, 0) is 0 Å². The van der Waals surface area contributed by atoms with E-state index in [4.69, 9.17) is 4.74 Å². The molecule has 1 aromatic carbocycles. The number of carbonyl (C=O) groups is 1. The van der Waals surface area contributed by atoms with Gasteiger partial charge >= 0.3 is 6.03 Å². The minimum absolute atomic E-state index is 0.184. The third-order valence-corrected chi connectivity index (χ3v) is 2.35. The lowest BCUT2D eigenvalue weighted by atomic mass is 10.1. The number of urea groups is 1. The number of aliphatic hydroxyl groups is 1. The van der Waals surface area contributed by atoms with Crippen LogP contribution in [0.1, 0.15) is 11.7 Å². The lowest BCUT2D eigenvalue weighted by Gasteiger charge is -2.15. The maximum atomic E-state index is 11.3. The van der Waals surface area contributed by atoms with Gasteiger partial charge in [0.15, 0.2) is 0 Å². The smallest absolute Gasteiger partial charge is 0.316 e. The molecule has 0 aliphatic heterocycles. The summed E-state index contributed by atoms with van der Waals surface area (Å²) < 4.78 is 5.02. The van der Waals surface area contributed by atoms with E-state index in [0.717, 1.165) is 11.3 Å². The van der Waals surface area contributed by atoms with Crippen LogP contribution in [0.4, 0.5) is 4.79 Å². The van der Waals surface area contributed by atoms with Crippen molar-refractivity contribution in [1.82, 2.24) is 10.2 Å². The zero-order chi connectivity index (χ0) is 12.8. The van der Waals surface area contributed by atoms with Crippen molar-refractivity contribution in [2.75, 3.05) is 27.7 Å². The van der Waals surface area contributed by atoms with Crippen molar-refractivity contribution in [1.29, 1.82) is 0 Å². The number of hydrogen-bond acceptors (Lipinski definition) is 3. The van der Waals surface area contributed by atoms with E-state index in [0.29, 0.717) is 0 Å². The molecule has 0 aliphatic carbocycles. The summed E-state index contributed by atoms with van der Waals surface area (Å²) in [6.07, 6.45) is -0.718. The van der Waals surface area contributed by atoms with Gasteiger partial charge in [-0.25, -0.2) is 4.79 Å². The van der Waals surface area contributed by atoms with Crippen molar-refractivity contribution in [3.63, 3.8) is 0 Å². The molecule has 0 radical (unpaired) electrons. The maximum absolute atomic E-state index is 11.3. The van der Waals surface area contributed by atoms with E-state index in [2.05, 4.69) is 5.32 Å². The lowest BCUT2D eigenvalue weighted by molar-refractivity contribution is 0.167. The van der Waals surface area contributed by atoms with E-state index in [9.17, 15) is 9.90 Å². The van der Waals surface area contributed by atoms with Gasteiger partial charge in [-0.3, -0.25) is 0 Å². The summed E-state index contributed by atoms with van der Waals surface area (Å²) in [5.41, 5.74) is 0.741. The van der Waals surface area contributed by atoms with E-state index in [-0.39, 0.29) is 12.6 Å². The lowest BCUT2D eigenvalue weighted by Crippen LogP contribution is -2.36. The first kappa shape index (κ1) is 13.3. The number of nitrogens with one attached hydrogen (secondary N) is 1. The minimum Gasteiger partial charge on any atom is -0.497 e. The van der Waals surface area contributed by atoms with Gasteiger partial charge in [0, 0.05) is 20.6 Å². The fourth-order valence-electron chi connectivity index (χ4n) is 1.29. The van der Waals surface area contributed by atoms with E-state index in [1.54, 1.807) is 45.5 Å². The monoisotopic (exact) mass is 238 g/mol. The Kier molecular flexibility index (Phi) is 4.78. The Morgan fingerprint density at radius 2 is 2.00 bits per heavy atom.